The third-order valence-electron chi connectivity index (χ3n) is 3.22. The van der Waals surface area contributed by atoms with Gasteiger partial charge in [-0.3, -0.25) is 4.40 Å². The van der Waals surface area contributed by atoms with Gasteiger partial charge < -0.3 is 9.84 Å². The fourth-order valence-corrected chi connectivity index (χ4v) is 4.02. The summed E-state index contributed by atoms with van der Waals surface area (Å²) in [7, 11) is 0. The molecule has 1 saturated heterocycles. The molecule has 0 aliphatic carbocycles. The molecule has 0 saturated carbocycles. The van der Waals surface area contributed by atoms with Crippen LogP contribution in [0.1, 0.15) is 18.2 Å². The van der Waals surface area contributed by atoms with Crippen LogP contribution >= 0.6 is 57.4 Å². The molecule has 20 heavy (non-hydrogen) atoms. The average Bonchev–Trinajstić information content (AvgIpc) is 2.66. The number of ether oxygens (including phenoxy) is 1. The van der Waals surface area contributed by atoms with Crippen LogP contribution in [0.25, 0.3) is 5.65 Å². The highest BCUT2D eigenvalue weighted by atomic mass is 127. The average molecular weight is 447 g/mol. The maximum absolute atomic E-state index is 9.63. The predicted molar refractivity (Wildman–Crippen MR) is 87.3 cm³/mol. The third kappa shape index (κ3) is 2.64. The number of aliphatic hydroxyl groups excluding tert-OH is 1. The van der Waals surface area contributed by atoms with Crippen LogP contribution in [0.2, 0.25) is 15.2 Å². The number of hydrogen-bond donors (Lipinski definition) is 1. The van der Waals surface area contributed by atoms with Crippen molar-refractivity contribution >= 4 is 63.0 Å². The van der Waals surface area contributed by atoms with E-state index >= 15 is 0 Å². The molecule has 1 aliphatic rings. The normalized spacial score (nSPS) is 27.1. The lowest BCUT2D eigenvalue weighted by Crippen LogP contribution is -2.33. The molecule has 1 fully saturated rings. The Morgan fingerprint density at radius 1 is 1.35 bits per heavy atom. The van der Waals surface area contributed by atoms with Crippen LogP contribution in [0.3, 0.4) is 0 Å². The molecule has 3 atom stereocenters. The van der Waals surface area contributed by atoms with Gasteiger partial charge in [-0.25, -0.2) is 4.98 Å². The molecular weight excluding hydrogens is 437 g/mol. The van der Waals surface area contributed by atoms with Crippen LogP contribution in [0.5, 0.6) is 0 Å². The lowest BCUT2D eigenvalue weighted by molar-refractivity contribution is -0.0511. The van der Waals surface area contributed by atoms with Crippen molar-refractivity contribution in [1.82, 2.24) is 9.38 Å². The fourth-order valence-electron chi connectivity index (χ4n) is 2.30. The maximum Gasteiger partial charge on any atom is 0.154 e. The number of aliphatic hydroxyl groups is 1. The molecule has 3 heterocycles. The van der Waals surface area contributed by atoms with E-state index < -0.39 is 6.10 Å². The molecule has 4 nitrogen and oxygen atoms in total. The first-order valence-corrected chi connectivity index (χ1v) is 8.31. The summed E-state index contributed by atoms with van der Waals surface area (Å²) in [5, 5.41) is 10.9. The van der Waals surface area contributed by atoms with Crippen LogP contribution in [-0.2, 0) is 4.74 Å². The standard InChI is InChI=1S/C12H10Cl3IN2O2/c13-6-2-9-17-12(15)10(18(9)3-7(6)14)11-8(16)1-5(19)4-20-11/h2-3,5,8,11,19H,1,4H2/t5-,8-,11-/m0/s1. The van der Waals surface area contributed by atoms with Crippen molar-refractivity contribution in [2.45, 2.75) is 22.6 Å². The minimum Gasteiger partial charge on any atom is -0.391 e. The van der Waals surface area contributed by atoms with E-state index in [4.69, 9.17) is 39.5 Å². The van der Waals surface area contributed by atoms with E-state index in [2.05, 4.69) is 27.6 Å². The van der Waals surface area contributed by atoms with E-state index in [1.807, 2.05) is 0 Å². The summed E-state index contributed by atoms with van der Waals surface area (Å²) in [5.74, 6) is 0. The number of imidazole rings is 1. The molecular formula is C12H10Cl3IN2O2. The van der Waals surface area contributed by atoms with Gasteiger partial charge in [0.15, 0.2) is 5.15 Å². The van der Waals surface area contributed by atoms with Crippen LogP contribution in [0, 0.1) is 0 Å². The van der Waals surface area contributed by atoms with Gasteiger partial charge in [-0.05, 0) is 6.42 Å². The Balaban J connectivity index is 2.11. The Morgan fingerprint density at radius 3 is 2.80 bits per heavy atom. The molecule has 0 amide bonds. The van der Waals surface area contributed by atoms with Crippen LogP contribution in [-0.4, -0.2) is 31.1 Å². The summed E-state index contributed by atoms with van der Waals surface area (Å²) < 4.78 is 7.62. The van der Waals surface area contributed by atoms with Crippen LogP contribution < -0.4 is 0 Å². The van der Waals surface area contributed by atoms with E-state index in [0.717, 1.165) is 5.69 Å². The monoisotopic (exact) mass is 446 g/mol. The minimum atomic E-state index is -0.441. The lowest BCUT2D eigenvalue weighted by Gasteiger charge is -2.30. The van der Waals surface area contributed by atoms with Crippen molar-refractivity contribution in [2.75, 3.05) is 6.61 Å². The number of aromatic nitrogens is 2. The molecule has 1 aliphatic heterocycles. The number of pyridine rings is 1. The van der Waals surface area contributed by atoms with Gasteiger partial charge in [-0.15, -0.1) is 0 Å². The number of alkyl halides is 1. The van der Waals surface area contributed by atoms with Crippen molar-refractivity contribution in [3.8, 4) is 0 Å². The fraction of sp³-hybridized carbons (Fsp3) is 0.417. The summed E-state index contributed by atoms with van der Waals surface area (Å²) in [6.07, 6.45) is 1.66. The van der Waals surface area contributed by atoms with Crippen LogP contribution in [0.4, 0.5) is 0 Å². The number of halogens is 4. The molecule has 3 rings (SSSR count). The van der Waals surface area contributed by atoms with E-state index in [1.165, 1.54) is 0 Å². The first-order valence-electron chi connectivity index (χ1n) is 5.93. The zero-order valence-corrected chi connectivity index (χ0v) is 14.5. The number of fused-ring (bicyclic) bond motifs is 1. The van der Waals surface area contributed by atoms with Crippen molar-refractivity contribution < 1.29 is 9.84 Å². The van der Waals surface area contributed by atoms with Crippen LogP contribution in [0.15, 0.2) is 12.3 Å². The zero-order chi connectivity index (χ0) is 14.4. The number of nitrogens with zero attached hydrogens (tertiary/aromatic N) is 2. The van der Waals surface area contributed by atoms with Gasteiger partial charge in [-0.2, -0.15) is 0 Å². The van der Waals surface area contributed by atoms with Gasteiger partial charge in [0.2, 0.25) is 0 Å². The molecule has 0 unspecified atom stereocenters. The summed E-state index contributed by atoms with van der Waals surface area (Å²) >= 11 is 20.5. The van der Waals surface area contributed by atoms with Gasteiger partial charge in [0, 0.05) is 16.2 Å². The van der Waals surface area contributed by atoms with E-state index in [1.54, 1.807) is 16.7 Å². The van der Waals surface area contributed by atoms with Crippen molar-refractivity contribution in [3.63, 3.8) is 0 Å². The minimum absolute atomic E-state index is 0.100. The lowest BCUT2D eigenvalue weighted by atomic mass is 10.0. The van der Waals surface area contributed by atoms with Crippen molar-refractivity contribution in [2.24, 2.45) is 0 Å². The Labute approximate surface area is 144 Å². The topological polar surface area (TPSA) is 46.8 Å². The summed E-state index contributed by atoms with van der Waals surface area (Å²) in [6, 6.07) is 1.67. The summed E-state index contributed by atoms with van der Waals surface area (Å²) in [4.78, 5) is 4.28. The summed E-state index contributed by atoms with van der Waals surface area (Å²) in [6.45, 7) is 0.287. The highest BCUT2D eigenvalue weighted by molar-refractivity contribution is 14.1. The highest BCUT2D eigenvalue weighted by Crippen LogP contribution is 2.38. The van der Waals surface area contributed by atoms with Gasteiger partial charge in [-0.1, -0.05) is 57.4 Å². The smallest absolute Gasteiger partial charge is 0.154 e. The molecule has 0 spiro atoms. The van der Waals surface area contributed by atoms with E-state index in [-0.39, 0.29) is 16.6 Å². The third-order valence-corrected chi connectivity index (χ3v) is 5.37. The SMILES string of the molecule is O[C@@H]1CO[C@H](c2c(Cl)nc3cc(Cl)c(Cl)cn23)[C@@H](I)C1. The predicted octanol–water partition coefficient (Wildman–Crippen LogP) is 3.92. The van der Waals surface area contributed by atoms with Crippen molar-refractivity contribution in [1.29, 1.82) is 0 Å². The second-order valence-corrected chi connectivity index (χ2v) is 7.42. The zero-order valence-electron chi connectivity index (χ0n) is 10.1. The molecule has 0 aromatic carbocycles. The first kappa shape index (κ1) is 15.1. The molecule has 1 N–H and O–H groups in total. The van der Waals surface area contributed by atoms with Gasteiger partial charge in [0.25, 0.3) is 0 Å². The molecule has 0 bridgehead atoms. The molecule has 2 aromatic rings. The Hall–Kier alpha value is 0.210. The van der Waals surface area contributed by atoms with Gasteiger partial charge in [0.05, 0.1) is 28.5 Å². The Kier molecular flexibility index (Phi) is 4.37. The van der Waals surface area contributed by atoms with Gasteiger partial charge >= 0.3 is 0 Å². The number of hydrogen-bond acceptors (Lipinski definition) is 3. The Bertz CT molecular complexity index is 664. The highest BCUT2D eigenvalue weighted by Gasteiger charge is 2.34. The summed E-state index contributed by atoms with van der Waals surface area (Å²) in [5.41, 5.74) is 1.37. The van der Waals surface area contributed by atoms with E-state index in [9.17, 15) is 5.11 Å². The maximum atomic E-state index is 9.63. The first-order chi connectivity index (χ1) is 9.47. The quantitative estimate of drug-likeness (QED) is 0.533. The number of rotatable bonds is 1. The molecule has 2 aromatic heterocycles. The molecule has 108 valence electrons. The van der Waals surface area contributed by atoms with Gasteiger partial charge in [0.1, 0.15) is 11.8 Å². The second-order valence-electron chi connectivity index (χ2n) is 4.64. The van der Waals surface area contributed by atoms with Crippen molar-refractivity contribution in [3.05, 3.63) is 33.2 Å². The molecule has 8 heteroatoms. The van der Waals surface area contributed by atoms with E-state index in [0.29, 0.717) is 27.3 Å². The second kappa shape index (κ2) is 5.78. The Morgan fingerprint density at radius 2 is 2.10 bits per heavy atom. The largest absolute Gasteiger partial charge is 0.391 e. The molecule has 0 radical (unpaired) electrons.